The Labute approximate surface area is 113 Å². The minimum absolute atomic E-state index is 0.267. The van der Waals surface area contributed by atoms with Crippen molar-refractivity contribution in [3.05, 3.63) is 41.5 Å². The van der Waals surface area contributed by atoms with Crippen LogP contribution in [0.2, 0.25) is 0 Å². The number of ketones is 1. The van der Waals surface area contributed by atoms with E-state index in [0.29, 0.717) is 24.2 Å². The van der Waals surface area contributed by atoms with E-state index in [2.05, 4.69) is 6.07 Å². The summed E-state index contributed by atoms with van der Waals surface area (Å²) in [4.78, 5) is 12.0. The summed E-state index contributed by atoms with van der Waals surface area (Å²) in [6, 6.07) is 8.06. The molecule has 2 nitrogen and oxygen atoms in total. The molecule has 1 aromatic carbocycles. The number of aliphatic hydroxyl groups excluding tert-OH is 1. The van der Waals surface area contributed by atoms with Crippen LogP contribution in [0.5, 0.6) is 0 Å². The topological polar surface area (TPSA) is 37.3 Å². The van der Waals surface area contributed by atoms with Crippen LogP contribution in [0.3, 0.4) is 0 Å². The number of carbonyl (C=O) groups is 1. The van der Waals surface area contributed by atoms with Gasteiger partial charge in [-0.25, -0.2) is 0 Å². The fourth-order valence-corrected chi connectivity index (χ4v) is 4.49. The van der Waals surface area contributed by atoms with E-state index in [4.69, 9.17) is 0 Å². The van der Waals surface area contributed by atoms with Crippen molar-refractivity contribution in [1.29, 1.82) is 0 Å². The summed E-state index contributed by atoms with van der Waals surface area (Å²) in [7, 11) is 0. The van der Waals surface area contributed by atoms with E-state index in [1.807, 2.05) is 24.3 Å². The molecule has 0 aromatic heterocycles. The number of carbonyl (C=O) groups excluding carboxylic acids is 1. The molecule has 3 aliphatic carbocycles. The van der Waals surface area contributed by atoms with Gasteiger partial charge in [-0.3, -0.25) is 4.79 Å². The molecule has 2 heteroatoms. The van der Waals surface area contributed by atoms with Crippen molar-refractivity contribution in [2.24, 2.45) is 17.8 Å². The van der Waals surface area contributed by atoms with E-state index >= 15 is 0 Å². The Balaban J connectivity index is 1.94. The van der Waals surface area contributed by atoms with Crippen molar-refractivity contribution < 1.29 is 9.90 Å². The lowest BCUT2D eigenvalue weighted by Gasteiger charge is -2.47. The van der Waals surface area contributed by atoms with Gasteiger partial charge in [0.2, 0.25) is 0 Å². The number of aliphatic hydroxyl groups is 1. The predicted octanol–water partition coefficient (Wildman–Crippen LogP) is 3.12. The molecule has 0 heterocycles. The second kappa shape index (κ2) is 4.04. The number of hydrogen-bond acceptors (Lipinski definition) is 2. The second-order valence-electron chi connectivity index (χ2n) is 6.18. The van der Waals surface area contributed by atoms with Crippen LogP contribution in [0.25, 0.3) is 5.57 Å². The standard InChI is InChI=1S/C17H18O2/c18-11-8-10-4-3-7-14-16(10)15(9-11)12-5-1-2-6-13(12)17(14)19/h1-2,5-6,9-10,14,16-17,19H,3-4,7-8H2/t10-,14-,16?,17+/m0/s1. The van der Waals surface area contributed by atoms with Crippen molar-refractivity contribution in [3.8, 4) is 0 Å². The van der Waals surface area contributed by atoms with Crippen molar-refractivity contribution in [1.82, 2.24) is 0 Å². The normalized spacial score (nSPS) is 36.3. The molecule has 0 saturated heterocycles. The van der Waals surface area contributed by atoms with Gasteiger partial charge in [-0.15, -0.1) is 0 Å². The first-order valence-corrected chi connectivity index (χ1v) is 7.27. The lowest BCUT2D eigenvalue weighted by molar-refractivity contribution is -0.117. The first kappa shape index (κ1) is 11.4. The molecule has 4 atom stereocenters. The molecule has 19 heavy (non-hydrogen) atoms. The van der Waals surface area contributed by atoms with Gasteiger partial charge in [-0.2, -0.15) is 0 Å². The van der Waals surface area contributed by atoms with Gasteiger partial charge in [0.05, 0.1) is 6.10 Å². The third-order valence-electron chi connectivity index (χ3n) is 5.22. The smallest absolute Gasteiger partial charge is 0.156 e. The monoisotopic (exact) mass is 254 g/mol. The molecule has 1 unspecified atom stereocenters. The Hall–Kier alpha value is -1.41. The van der Waals surface area contributed by atoms with Crippen molar-refractivity contribution in [2.75, 3.05) is 0 Å². The van der Waals surface area contributed by atoms with Gasteiger partial charge in [-0.1, -0.05) is 30.7 Å². The molecule has 1 saturated carbocycles. The zero-order valence-electron chi connectivity index (χ0n) is 10.9. The fraction of sp³-hybridized carbons (Fsp3) is 0.471. The molecule has 0 aliphatic heterocycles. The van der Waals surface area contributed by atoms with Crippen molar-refractivity contribution in [2.45, 2.75) is 31.8 Å². The molecule has 0 spiro atoms. The molecule has 98 valence electrons. The Morgan fingerprint density at radius 2 is 2.00 bits per heavy atom. The zero-order valence-corrected chi connectivity index (χ0v) is 10.9. The molecule has 0 radical (unpaired) electrons. The summed E-state index contributed by atoms with van der Waals surface area (Å²) in [6.45, 7) is 0. The van der Waals surface area contributed by atoms with Gasteiger partial charge in [0, 0.05) is 6.42 Å². The summed E-state index contributed by atoms with van der Waals surface area (Å²) in [6.07, 6.45) is 5.55. The highest BCUT2D eigenvalue weighted by Crippen LogP contribution is 2.55. The Bertz CT molecular complexity index is 572. The molecule has 0 bridgehead atoms. The summed E-state index contributed by atoms with van der Waals surface area (Å²) in [5.41, 5.74) is 3.33. The number of allylic oxidation sites excluding steroid dienone is 2. The van der Waals surface area contributed by atoms with E-state index in [1.54, 1.807) is 0 Å². The predicted molar refractivity (Wildman–Crippen MR) is 73.3 cm³/mol. The largest absolute Gasteiger partial charge is 0.388 e. The number of hydrogen-bond donors (Lipinski definition) is 1. The summed E-state index contributed by atoms with van der Waals surface area (Å²) < 4.78 is 0. The minimum Gasteiger partial charge on any atom is -0.388 e. The molecule has 1 fully saturated rings. The maximum atomic E-state index is 12.0. The molecule has 1 N–H and O–H groups in total. The van der Waals surface area contributed by atoms with Gasteiger partial charge in [0.15, 0.2) is 5.78 Å². The summed E-state index contributed by atoms with van der Waals surface area (Å²) in [5.74, 6) is 1.43. The molecule has 0 amide bonds. The van der Waals surface area contributed by atoms with E-state index in [1.165, 1.54) is 5.57 Å². The van der Waals surface area contributed by atoms with E-state index in [9.17, 15) is 9.90 Å². The number of benzene rings is 1. The van der Waals surface area contributed by atoms with Gasteiger partial charge in [0.1, 0.15) is 0 Å². The number of fused-ring (bicyclic) bond motifs is 2. The average molecular weight is 254 g/mol. The van der Waals surface area contributed by atoms with Crippen LogP contribution in [0, 0.1) is 17.8 Å². The molecule has 4 rings (SSSR count). The third-order valence-corrected chi connectivity index (χ3v) is 5.22. The van der Waals surface area contributed by atoms with Gasteiger partial charge in [-0.05, 0) is 53.4 Å². The maximum Gasteiger partial charge on any atom is 0.156 e. The van der Waals surface area contributed by atoms with Crippen molar-refractivity contribution >= 4 is 11.4 Å². The first-order valence-electron chi connectivity index (χ1n) is 7.27. The van der Waals surface area contributed by atoms with E-state index in [-0.39, 0.29) is 11.9 Å². The van der Waals surface area contributed by atoms with Crippen LogP contribution >= 0.6 is 0 Å². The SMILES string of the molecule is O=C1C=C2c3ccccc3[C@@H](O)[C@H]3CCC[C@@H](C1)C23. The van der Waals surface area contributed by atoms with Crippen LogP contribution in [-0.2, 0) is 4.79 Å². The van der Waals surface area contributed by atoms with Crippen molar-refractivity contribution in [3.63, 3.8) is 0 Å². The molecular weight excluding hydrogens is 236 g/mol. The minimum atomic E-state index is -0.352. The van der Waals surface area contributed by atoms with Crippen LogP contribution in [0.1, 0.15) is 42.9 Å². The van der Waals surface area contributed by atoms with Crippen LogP contribution in [-0.4, -0.2) is 10.9 Å². The van der Waals surface area contributed by atoms with Crippen LogP contribution in [0.15, 0.2) is 30.3 Å². The quantitative estimate of drug-likeness (QED) is 0.772. The van der Waals surface area contributed by atoms with Crippen LogP contribution < -0.4 is 0 Å². The summed E-state index contributed by atoms with van der Waals surface area (Å²) >= 11 is 0. The van der Waals surface area contributed by atoms with Gasteiger partial charge >= 0.3 is 0 Å². The second-order valence-corrected chi connectivity index (χ2v) is 6.18. The van der Waals surface area contributed by atoms with Gasteiger partial charge in [0.25, 0.3) is 0 Å². The maximum absolute atomic E-state index is 12.0. The van der Waals surface area contributed by atoms with Crippen LogP contribution in [0.4, 0.5) is 0 Å². The Morgan fingerprint density at radius 1 is 1.16 bits per heavy atom. The lowest BCUT2D eigenvalue weighted by Crippen LogP contribution is -2.39. The lowest BCUT2D eigenvalue weighted by atomic mass is 9.58. The molecule has 1 aromatic rings. The third kappa shape index (κ3) is 1.56. The Morgan fingerprint density at radius 3 is 2.89 bits per heavy atom. The highest BCUT2D eigenvalue weighted by molar-refractivity contribution is 6.00. The Kier molecular flexibility index (Phi) is 2.43. The summed E-state index contributed by atoms with van der Waals surface area (Å²) in [5, 5.41) is 10.7. The average Bonchev–Trinajstić information content (AvgIpc) is 2.44. The first-order chi connectivity index (χ1) is 9.25. The number of rotatable bonds is 0. The van der Waals surface area contributed by atoms with Gasteiger partial charge < -0.3 is 5.11 Å². The highest BCUT2D eigenvalue weighted by Gasteiger charge is 2.46. The van der Waals surface area contributed by atoms with E-state index < -0.39 is 0 Å². The van der Waals surface area contributed by atoms with E-state index in [0.717, 1.165) is 30.4 Å². The fourth-order valence-electron chi connectivity index (χ4n) is 4.49. The highest BCUT2D eigenvalue weighted by atomic mass is 16.3. The zero-order chi connectivity index (χ0) is 13.0. The molecular formula is C17H18O2. The molecule has 3 aliphatic rings.